The van der Waals surface area contributed by atoms with Gasteiger partial charge in [-0.25, -0.2) is 0 Å². The van der Waals surface area contributed by atoms with Crippen molar-refractivity contribution in [1.82, 2.24) is 9.80 Å². The van der Waals surface area contributed by atoms with Crippen molar-refractivity contribution in [3.63, 3.8) is 0 Å². The van der Waals surface area contributed by atoms with Crippen molar-refractivity contribution in [2.45, 2.75) is 105 Å². The van der Waals surface area contributed by atoms with E-state index < -0.39 is 0 Å². The molecule has 0 aliphatic heterocycles. The number of unbranched alkanes of at least 4 members (excludes halogenated alkanes) is 6. The average molecular weight is 465 g/mol. The highest BCUT2D eigenvalue weighted by molar-refractivity contribution is 5.65. The Morgan fingerprint density at radius 1 is 0.471 bits per heavy atom. The number of hydrogen-bond donors (Lipinski definition) is 0. The molecule has 0 bridgehead atoms. The minimum absolute atomic E-state index is 1.07. The van der Waals surface area contributed by atoms with Crippen molar-refractivity contribution in [3.05, 3.63) is 59.7 Å². The maximum atomic E-state index is 2.65. The van der Waals surface area contributed by atoms with Crippen LogP contribution in [0.2, 0.25) is 0 Å². The van der Waals surface area contributed by atoms with Crippen LogP contribution in [-0.4, -0.2) is 36.0 Å². The Balaban J connectivity index is 2.04. The third kappa shape index (κ3) is 11.2. The van der Waals surface area contributed by atoms with Crippen LogP contribution in [0.1, 0.15) is 103 Å². The molecule has 0 aromatic heterocycles. The molecule has 2 rings (SSSR count). The summed E-state index contributed by atoms with van der Waals surface area (Å²) in [4.78, 5) is 5.29. The van der Waals surface area contributed by atoms with E-state index in [1.54, 1.807) is 0 Å². The normalized spacial score (nSPS) is 11.6. The minimum atomic E-state index is 1.07. The Morgan fingerprint density at radius 3 is 1.29 bits per heavy atom. The molecule has 2 heteroatoms. The maximum Gasteiger partial charge on any atom is 0.0233 e. The van der Waals surface area contributed by atoms with E-state index in [-0.39, 0.29) is 0 Å². The van der Waals surface area contributed by atoms with Crippen molar-refractivity contribution >= 4 is 0 Å². The number of hydrogen-bond acceptors (Lipinski definition) is 2. The fourth-order valence-electron chi connectivity index (χ4n) is 4.91. The first-order chi connectivity index (χ1) is 16.7. The number of benzene rings is 2. The Hall–Kier alpha value is -1.64. The zero-order chi connectivity index (χ0) is 24.4. The van der Waals surface area contributed by atoms with Crippen molar-refractivity contribution in [2.75, 3.05) is 26.2 Å². The minimum Gasteiger partial charge on any atom is -0.299 e. The fraction of sp³-hybridized carbons (Fsp3) is 0.625. The molecule has 2 nitrogen and oxygen atoms in total. The molecule has 2 aromatic carbocycles. The first-order valence-electron chi connectivity index (χ1n) is 14.3. The van der Waals surface area contributed by atoms with E-state index in [1.807, 2.05) is 0 Å². The first-order valence-corrected chi connectivity index (χ1v) is 14.3. The number of rotatable bonds is 19. The lowest BCUT2D eigenvalue weighted by Gasteiger charge is -2.23. The Kier molecular flexibility index (Phi) is 14.9. The van der Waals surface area contributed by atoms with Crippen LogP contribution in [0.15, 0.2) is 48.5 Å². The second kappa shape index (κ2) is 17.7. The van der Waals surface area contributed by atoms with Gasteiger partial charge in [0, 0.05) is 13.1 Å². The van der Waals surface area contributed by atoms with E-state index in [2.05, 4.69) is 86.0 Å². The third-order valence-corrected chi connectivity index (χ3v) is 6.74. The van der Waals surface area contributed by atoms with Crippen LogP contribution in [0.3, 0.4) is 0 Å². The summed E-state index contributed by atoms with van der Waals surface area (Å²) in [6.07, 6.45) is 13.2. The zero-order valence-corrected chi connectivity index (χ0v) is 22.8. The van der Waals surface area contributed by atoms with Crippen LogP contribution in [0.4, 0.5) is 0 Å². The van der Waals surface area contributed by atoms with Crippen LogP contribution in [0.25, 0.3) is 11.1 Å². The molecule has 0 amide bonds. The molecule has 34 heavy (non-hydrogen) atoms. The highest BCUT2D eigenvalue weighted by Gasteiger charge is 2.09. The van der Waals surface area contributed by atoms with Gasteiger partial charge in [0.25, 0.3) is 0 Å². The van der Waals surface area contributed by atoms with Gasteiger partial charge in [0.2, 0.25) is 0 Å². The molecule has 0 aliphatic rings. The molecule has 2 aromatic rings. The second-order valence-corrected chi connectivity index (χ2v) is 10.1. The summed E-state index contributed by atoms with van der Waals surface area (Å²) >= 11 is 0. The van der Waals surface area contributed by atoms with Gasteiger partial charge in [-0.1, -0.05) is 103 Å². The molecule has 190 valence electrons. The highest BCUT2D eigenvalue weighted by atomic mass is 15.1. The predicted octanol–water partition coefficient (Wildman–Crippen LogP) is 8.94. The third-order valence-electron chi connectivity index (χ3n) is 6.74. The monoisotopic (exact) mass is 464 g/mol. The molecule has 0 unspecified atom stereocenters. The Labute approximate surface area is 211 Å². The van der Waals surface area contributed by atoms with Crippen LogP contribution < -0.4 is 0 Å². The first kappa shape index (κ1) is 28.6. The van der Waals surface area contributed by atoms with Gasteiger partial charge < -0.3 is 0 Å². The molecule has 0 heterocycles. The topological polar surface area (TPSA) is 6.48 Å². The molecule has 0 spiro atoms. The van der Waals surface area contributed by atoms with Crippen molar-refractivity contribution in [3.8, 4) is 11.1 Å². The van der Waals surface area contributed by atoms with Crippen molar-refractivity contribution in [2.24, 2.45) is 0 Å². The van der Waals surface area contributed by atoms with Gasteiger partial charge in [-0.05, 0) is 86.2 Å². The summed E-state index contributed by atoms with van der Waals surface area (Å²) < 4.78 is 0. The predicted molar refractivity (Wildman–Crippen MR) is 151 cm³/mol. The molecule has 0 aliphatic carbocycles. The fourth-order valence-corrected chi connectivity index (χ4v) is 4.91. The standard InChI is InChI=1S/C32H52N2/c1-5-9-11-13-23-33(21-7-3)27-29-17-15-19-31(25-29)32-20-16-18-30(26-32)28-34(22-8-4)24-14-12-10-6-2/h15-20,25-26H,5-14,21-24,27-28H2,1-4H3. The Bertz CT molecular complexity index is 704. The average Bonchev–Trinajstić information content (AvgIpc) is 2.85. The van der Waals surface area contributed by atoms with Gasteiger partial charge in [0.15, 0.2) is 0 Å². The summed E-state index contributed by atoms with van der Waals surface area (Å²) in [5, 5.41) is 0. The molecular weight excluding hydrogens is 412 g/mol. The highest BCUT2D eigenvalue weighted by Crippen LogP contribution is 2.23. The van der Waals surface area contributed by atoms with E-state index >= 15 is 0 Å². The summed E-state index contributed by atoms with van der Waals surface area (Å²) in [7, 11) is 0. The molecule has 0 radical (unpaired) electrons. The van der Waals surface area contributed by atoms with Gasteiger partial charge in [0.1, 0.15) is 0 Å². The van der Waals surface area contributed by atoms with Crippen LogP contribution >= 0.6 is 0 Å². The van der Waals surface area contributed by atoms with E-state index in [1.165, 1.54) is 113 Å². The SMILES string of the molecule is CCCCCCN(CCC)Cc1cccc(-c2cccc(CN(CCC)CCCCCC)c2)c1. The zero-order valence-electron chi connectivity index (χ0n) is 22.8. The maximum absolute atomic E-state index is 2.65. The van der Waals surface area contributed by atoms with E-state index in [4.69, 9.17) is 0 Å². The Morgan fingerprint density at radius 2 is 0.912 bits per heavy atom. The quantitative estimate of drug-likeness (QED) is 0.191. The molecular formula is C32H52N2. The van der Waals surface area contributed by atoms with Crippen LogP contribution in [0, 0.1) is 0 Å². The van der Waals surface area contributed by atoms with E-state index in [0.717, 1.165) is 13.1 Å². The lowest BCUT2D eigenvalue weighted by Crippen LogP contribution is -2.25. The van der Waals surface area contributed by atoms with Gasteiger partial charge in [-0.15, -0.1) is 0 Å². The summed E-state index contributed by atoms with van der Waals surface area (Å²) in [6, 6.07) is 18.5. The summed E-state index contributed by atoms with van der Waals surface area (Å²) in [5.74, 6) is 0. The lowest BCUT2D eigenvalue weighted by molar-refractivity contribution is 0.259. The molecule has 0 fully saturated rings. The molecule has 0 N–H and O–H groups in total. The number of nitrogens with zero attached hydrogens (tertiary/aromatic N) is 2. The van der Waals surface area contributed by atoms with Crippen molar-refractivity contribution in [1.29, 1.82) is 0 Å². The second-order valence-electron chi connectivity index (χ2n) is 10.1. The van der Waals surface area contributed by atoms with E-state index in [9.17, 15) is 0 Å². The van der Waals surface area contributed by atoms with Gasteiger partial charge in [-0.2, -0.15) is 0 Å². The summed E-state index contributed by atoms with van der Waals surface area (Å²) in [6.45, 7) is 16.1. The van der Waals surface area contributed by atoms with Crippen LogP contribution in [0.5, 0.6) is 0 Å². The van der Waals surface area contributed by atoms with E-state index in [0.29, 0.717) is 0 Å². The van der Waals surface area contributed by atoms with Crippen LogP contribution in [-0.2, 0) is 13.1 Å². The summed E-state index contributed by atoms with van der Waals surface area (Å²) in [5.41, 5.74) is 5.59. The largest absolute Gasteiger partial charge is 0.299 e. The molecule has 0 saturated heterocycles. The lowest BCUT2D eigenvalue weighted by atomic mass is 10.0. The molecule has 0 atom stereocenters. The molecule has 0 saturated carbocycles. The van der Waals surface area contributed by atoms with Crippen molar-refractivity contribution < 1.29 is 0 Å². The van der Waals surface area contributed by atoms with Gasteiger partial charge in [0.05, 0.1) is 0 Å². The van der Waals surface area contributed by atoms with Gasteiger partial charge in [-0.3, -0.25) is 9.80 Å². The smallest absolute Gasteiger partial charge is 0.0233 e. The van der Waals surface area contributed by atoms with Gasteiger partial charge >= 0.3 is 0 Å².